The van der Waals surface area contributed by atoms with E-state index < -0.39 is 0 Å². The third kappa shape index (κ3) is 4.32. The van der Waals surface area contributed by atoms with Crippen LogP contribution in [0.3, 0.4) is 0 Å². The molecule has 0 aliphatic rings. The summed E-state index contributed by atoms with van der Waals surface area (Å²) in [7, 11) is 0. The second-order valence-electron chi connectivity index (χ2n) is 1.92. The van der Waals surface area contributed by atoms with Gasteiger partial charge in [0.2, 0.25) is 0 Å². The van der Waals surface area contributed by atoms with E-state index in [0.29, 0.717) is 0 Å². The quantitative estimate of drug-likeness (QED) is 0.331. The Bertz CT molecular complexity index is 173. The van der Waals surface area contributed by atoms with Crippen LogP contribution >= 0.6 is 0 Å². The van der Waals surface area contributed by atoms with Crippen molar-refractivity contribution in [2.75, 3.05) is 0 Å². The molecule has 1 nitrogen and oxygen atoms in total. The third-order valence-corrected chi connectivity index (χ3v) is 1.03. The molecular weight excluding hydrogens is 232 g/mol. The number of nitrogens with zero attached hydrogens (tertiary/aromatic N) is 1. The van der Waals surface area contributed by atoms with Gasteiger partial charge in [-0.25, -0.2) is 0 Å². The number of pyridine rings is 1. The molecule has 0 spiro atoms. The van der Waals surface area contributed by atoms with Gasteiger partial charge in [0.1, 0.15) is 0 Å². The SMILES string of the molecule is Cc1cccc(C)n1.[I-].[Li+]. The number of hydrogen-bond acceptors (Lipinski definition) is 1. The topological polar surface area (TPSA) is 12.9 Å². The molecule has 1 heterocycles. The molecule has 1 aromatic rings. The van der Waals surface area contributed by atoms with Gasteiger partial charge in [0.25, 0.3) is 0 Å². The van der Waals surface area contributed by atoms with Gasteiger partial charge in [-0.3, -0.25) is 4.98 Å². The molecule has 50 valence electrons. The maximum absolute atomic E-state index is 4.17. The van der Waals surface area contributed by atoms with Crippen molar-refractivity contribution in [2.24, 2.45) is 0 Å². The summed E-state index contributed by atoms with van der Waals surface area (Å²) in [5.74, 6) is 0. The number of halogens is 1. The minimum Gasteiger partial charge on any atom is -1.00 e. The van der Waals surface area contributed by atoms with E-state index in [2.05, 4.69) is 4.98 Å². The fourth-order valence-electron chi connectivity index (χ4n) is 0.679. The Morgan fingerprint density at radius 3 is 1.70 bits per heavy atom. The molecule has 0 amide bonds. The average Bonchev–Trinajstić information content (AvgIpc) is 1.64. The molecule has 0 radical (unpaired) electrons. The third-order valence-electron chi connectivity index (χ3n) is 1.03. The van der Waals surface area contributed by atoms with Crippen LogP contribution in [0.1, 0.15) is 11.4 Å². The number of aryl methyl sites for hydroxylation is 2. The normalized spacial score (nSPS) is 7.40. The van der Waals surface area contributed by atoms with Crippen molar-refractivity contribution in [2.45, 2.75) is 13.8 Å². The van der Waals surface area contributed by atoms with E-state index in [0.717, 1.165) is 11.4 Å². The Balaban J connectivity index is 0. The van der Waals surface area contributed by atoms with Crippen LogP contribution in [0.5, 0.6) is 0 Å². The molecule has 0 saturated heterocycles. The van der Waals surface area contributed by atoms with Crippen molar-refractivity contribution >= 4 is 0 Å². The van der Waals surface area contributed by atoms with E-state index in [-0.39, 0.29) is 42.8 Å². The zero-order chi connectivity index (χ0) is 5.98. The molecule has 0 aliphatic carbocycles. The summed E-state index contributed by atoms with van der Waals surface area (Å²) in [6.45, 7) is 3.99. The van der Waals surface area contributed by atoms with Crippen LogP contribution < -0.4 is 42.8 Å². The standard InChI is InChI=1S/C7H9N.HI.Li/c1-6-4-3-5-7(2)8-6;;/h3-5H,1-2H3;1H;/q;;+1/p-1. The Morgan fingerprint density at radius 2 is 1.50 bits per heavy atom. The first-order valence-electron chi connectivity index (χ1n) is 2.69. The molecule has 3 heteroatoms. The maximum atomic E-state index is 4.17. The van der Waals surface area contributed by atoms with E-state index in [1.54, 1.807) is 0 Å². The summed E-state index contributed by atoms with van der Waals surface area (Å²) < 4.78 is 0. The van der Waals surface area contributed by atoms with Crippen LogP contribution in [-0.4, -0.2) is 4.98 Å². The van der Waals surface area contributed by atoms with Gasteiger partial charge < -0.3 is 24.0 Å². The monoisotopic (exact) mass is 241 g/mol. The Labute approximate surface area is 90.8 Å². The van der Waals surface area contributed by atoms with Crippen molar-refractivity contribution in [3.05, 3.63) is 29.6 Å². The molecule has 0 saturated carbocycles. The van der Waals surface area contributed by atoms with E-state index in [9.17, 15) is 0 Å². The zero-order valence-corrected chi connectivity index (χ0v) is 8.71. The van der Waals surface area contributed by atoms with Gasteiger partial charge in [0.05, 0.1) is 0 Å². The Morgan fingerprint density at radius 1 is 1.10 bits per heavy atom. The van der Waals surface area contributed by atoms with E-state index in [4.69, 9.17) is 0 Å². The summed E-state index contributed by atoms with van der Waals surface area (Å²) >= 11 is 0. The first-order valence-corrected chi connectivity index (χ1v) is 2.69. The van der Waals surface area contributed by atoms with Gasteiger partial charge in [0.15, 0.2) is 0 Å². The molecule has 10 heavy (non-hydrogen) atoms. The van der Waals surface area contributed by atoms with Gasteiger partial charge in [-0.15, -0.1) is 0 Å². The fraction of sp³-hybridized carbons (Fsp3) is 0.286. The average molecular weight is 241 g/mol. The number of hydrogen-bond donors (Lipinski definition) is 0. The van der Waals surface area contributed by atoms with Crippen molar-refractivity contribution in [3.63, 3.8) is 0 Å². The summed E-state index contributed by atoms with van der Waals surface area (Å²) in [6, 6.07) is 6.00. The van der Waals surface area contributed by atoms with E-state index >= 15 is 0 Å². The molecule has 0 aliphatic heterocycles. The van der Waals surface area contributed by atoms with Crippen molar-refractivity contribution in [1.29, 1.82) is 0 Å². The zero-order valence-electron chi connectivity index (χ0n) is 6.56. The predicted molar refractivity (Wildman–Crippen MR) is 33.7 cm³/mol. The van der Waals surface area contributed by atoms with Crippen LogP contribution in [0.4, 0.5) is 0 Å². The summed E-state index contributed by atoms with van der Waals surface area (Å²) in [5, 5.41) is 0. The second-order valence-corrected chi connectivity index (χ2v) is 1.92. The van der Waals surface area contributed by atoms with Gasteiger partial charge in [-0.2, -0.15) is 0 Å². The number of rotatable bonds is 0. The molecule has 0 N–H and O–H groups in total. The van der Waals surface area contributed by atoms with E-state index in [1.807, 2.05) is 32.0 Å². The van der Waals surface area contributed by atoms with Crippen LogP contribution in [0, 0.1) is 13.8 Å². The smallest absolute Gasteiger partial charge is 1.00 e. The first-order chi connectivity index (χ1) is 3.79. The first kappa shape index (κ1) is 13.1. The van der Waals surface area contributed by atoms with Gasteiger partial charge in [0, 0.05) is 11.4 Å². The Hall–Kier alpha value is 0.477. The fourth-order valence-corrected chi connectivity index (χ4v) is 0.679. The van der Waals surface area contributed by atoms with Crippen LogP contribution in [0.2, 0.25) is 0 Å². The van der Waals surface area contributed by atoms with Gasteiger partial charge >= 0.3 is 18.9 Å². The molecule has 1 aromatic heterocycles. The molecule has 0 aromatic carbocycles. The predicted octanol–water partition coefficient (Wildman–Crippen LogP) is -4.29. The van der Waals surface area contributed by atoms with Crippen LogP contribution in [-0.2, 0) is 0 Å². The number of aromatic nitrogens is 1. The summed E-state index contributed by atoms with van der Waals surface area (Å²) in [4.78, 5) is 4.17. The molecule has 0 unspecified atom stereocenters. The van der Waals surface area contributed by atoms with Gasteiger partial charge in [-0.05, 0) is 26.0 Å². The molecule has 0 atom stereocenters. The maximum Gasteiger partial charge on any atom is 1.00 e. The van der Waals surface area contributed by atoms with Crippen LogP contribution in [0.15, 0.2) is 18.2 Å². The molecule has 0 bridgehead atoms. The van der Waals surface area contributed by atoms with Crippen molar-refractivity contribution in [3.8, 4) is 0 Å². The molecule has 1 rings (SSSR count). The second kappa shape index (κ2) is 6.20. The van der Waals surface area contributed by atoms with Crippen molar-refractivity contribution in [1.82, 2.24) is 4.98 Å². The Kier molecular flexibility index (Phi) is 8.12. The molecule has 0 fully saturated rings. The summed E-state index contributed by atoms with van der Waals surface area (Å²) in [5.41, 5.74) is 2.18. The largest absolute Gasteiger partial charge is 1.00 e. The van der Waals surface area contributed by atoms with E-state index in [1.165, 1.54) is 0 Å². The summed E-state index contributed by atoms with van der Waals surface area (Å²) in [6.07, 6.45) is 0. The molecular formula is C7H9ILiN. The minimum atomic E-state index is 0. The van der Waals surface area contributed by atoms with Crippen LogP contribution in [0.25, 0.3) is 0 Å². The minimum absolute atomic E-state index is 0. The van der Waals surface area contributed by atoms with Gasteiger partial charge in [-0.1, -0.05) is 6.07 Å². The van der Waals surface area contributed by atoms with Crippen molar-refractivity contribution < 1.29 is 42.8 Å².